The molecule has 1 aromatic carbocycles. The van der Waals surface area contributed by atoms with Crippen molar-refractivity contribution in [1.82, 2.24) is 19.9 Å². The number of anilines is 1. The van der Waals surface area contributed by atoms with Crippen molar-refractivity contribution in [3.8, 4) is 0 Å². The maximum Gasteiger partial charge on any atom is 0.434 e. The summed E-state index contributed by atoms with van der Waals surface area (Å²) in [4.78, 5) is 26.8. The average Bonchev–Trinajstić information content (AvgIpc) is 3.30. The van der Waals surface area contributed by atoms with Crippen molar-refractivity contribution in [3.63, 3.8) is 0 Å². The lowest BCUT2D eigenvalue weighted by Crippen LogP contribution is -2.40. The minimum absolute atomic E-state index is 0.0504. The number of fused-ring (bicyclic) bond motifs is 3. The molecule has 2 fully saturated rings. The summed E-state index contributed by atoms with van der Waals surface area (Å²) in [7, 11) is 0. The molecule has 0 aliphatic carbocycles. The molecule has 6 nitrogen and oxygen atoms in total. The molecule has 30 heavy (non-hydrogen) atoms. The first-order chi connectivity index (χ1) is 14.4. The van der Waals surface area contributed by atoms with Gasteiger partial charge in [-0.2, -0.15) is 13.2 Å². The minimum Gasteiger partial charge on any atom is -0.364 e. The smallest absolute Gasteiger partial charge is 0.364 e. The molecule has 2 aromatic heterocycles. The van der Waals surface area contributed by atoms with Crippen molar-refractivity contribution in [1.29, 1.82) is 0 Å². The van der Waals surface area contributed by atoms with Gasteiger partial charge in [-0.1, -0.05) is 24.3 Å². The number of hydrogen-bond donors (Lipinski definition) is 1. The molecule has 154 valence electrons. The molecular weight excluding hydrogens is 395 g/mol. The van der Waals surface area contributed by atoms with Crippen LogP contribution in [-0.4, -0.2) is 43.9 Å². The Balaban J connectivity index is 1.37. The summed E-state index contributed by atoms with van der Waals surface area (Å²) in [5.74, 6) is 0.217. The molecule has 2 aliphatic rings. The SMILES string of the molecule is O=C(c1cncc2ccccc12)N1[C@@H]2CC[C@H]1[C@H](Nc1cnc(C(F)(F)F)cn1)C2. The van der Waals surface area contributed by atoms with Crippen LogP contribution in [0.5, 0.6) is 0 Å². The maximum absolute atomic E-state index is 13.4. The third kappa shape index (κ3) is 3.14. The largest absolute Gasteiger partial charge is 0.434 e. The second kappa shape index (κ2) is 6.93. The Kier molecular flexibility index (Phi) is 4.34. The molecule has 2 saturated heterocycles. The van der Waals surface area contributed by atoms with Crippen LogP contribution in [0, 0.1) is 0 Å². The van der Waals surface area contributed by atoms with Crippen LogP contribution in [0.3, 0.4) is 0 Å². The number of benzene rings is 1. The van der Waals surface area contributed by atoms with Crippen LogP contribution in [0.4, 0.5) is 19.0 Å². The van der Waals surface area contributed by atoms with Gasteiger partial charge in [-0.3, -0.25) is 9.78 Å². The van der Waals surface area contributed by atoms with E-state index in [1.165, 1.54) is 0 Å². The molecule has 1 amide bonds. The van der Waals surface area contributed by atoms with Crippen LogP contribution in [0.1, 0.15) is 35.3 Å². The lowest BCUT2D eigenvalue weighted by Gasteiger charge is -2.25. The molecule has 2 bridgehead atoms. The summed E-state index contributed by atoms with van der Waals surface area (Å²) < 4.78 is 38.1. The molecule has 3 aromatic rings. The Bertz CT molecular complexity index is 1100. The number of aromatic nitrogens is 3. The third-order valence-electron chi connectivity index (χ3n) is 5.95. The predicted molar refractivity (Wildman–Crippen MR) is 104 cm³/mol. The van der Waals surface area contributed by atoms with Crippen molar-refractivity contribution in [2.45, 2.75) is 43.6 Å². The molecule has 0 unspecified atom stereocenters. The quantitative estimate of drug-likeness (QED) is 0.705. The Morgan fingerprint density at radius 3 is 2.67 bits per heavy atom. The van der Waals surface area contributed by atoms with E-state index < -0.39 is 11.9 Å². The average molecular weight is 413 g/mol. The fraction of sp³-hybridized carbons (Fsp3) is 0.333. The summed E-state index contributed by atoms with van der Waals surface area (Å²) in [5.41, 5.74) is -0.457. The number of halogens is 3. The number of hydrogen-bond acceptors (Lipinski definition) is 5. The molecule has 0 saturated carbocycles. The highest BCUT2D eigenvalue weighted by Crippen LogP contribution is 2.40. The van der Waals surface area contributed by atoms with Crippen molar-refractivity contribution >= 4 is 22.5 Å². The number of carbonyl (C=O) groups is 1. The zero-order chi connectivity index (χ0) is 20.9. The number of nitrogens with zero attached hydrogens (tertiary/aromatic N) is 4. The molecule has 3 atom stereocenters. The van der Waals surface area contributed by atoms with E-state index in [-0.39, 0.29) is 29.9 Å². The standard InChI is InChI=1S/C21H18F3N5O/c22-21(23,24)18-10-27-19(11-26-18)28-16-7-13-5-6-17(16)29(13)20(30)15-9-25-8-12-3-1-2-4-14(12)15/h1-4,8-11,13,16-17H,5-7H2,(H,27,28)/t13-,16-,17+/m1/s1. The Labute approximate surface area is 170 Å². The lowest BCUT2D eigenvalue weighted by atomic mass is 9.95. The maximum atomic E-state index is 13.4. The predicted octanol–water partition coefficient (Wildman–Crippen LogP) is 3.90. The van der Waals surface area contributed by atoms with Gasteiger partial charge in [-0.25, -0.2) is 9.97 Å². The summed E-state index contributed by atoms with van der Waals surface area (Å²) in [6, 6.07) is 7.59. The Morgan fingerprint density at radius 1 is 1.07 bits per heavy atom. The second-order valence-corrected chi connectivity index (χ2v) is 7.69. The number of carbonyl (C=O) groups excluding carboxylic acids is 1. The lowest BCUT2D eigenvalue weighted by molar-refractivity contribution is -0.141. The number of rotatable bonds is 3. The van der Waals surface area contributed by atoms with Crippen molar-refractivity contribution in [2.24, 2.45) is 0 Å². The zero-order valence-corrected chi connectivity index (χ0v) is 15.8. The number of nitrogens with one attached hydrogen (secondary N) is 1. The Morgan fingerprint density at radius 2 is 1.90 bits per heavy atom. The molecular formula is C21H18F3N5O. The van der Waals surface area contributed by atoms with E-state index in [1.54, 1.807) is 12.4 Å². The first kappa shape index (κ1) is 18.8. The van der Waals surface area contributed by atoms with Gasteiger partial charge in [0.1, 0.15) is 5.82 Å². The first-order valence-corrected chi connectivity index (χ1v) is 9.73. The van der Waals surface area contributed by atoms with Gasteiger partial charge in [-0.15, -0.1) is 0 Å². The van der Waals surface area contributed by atoms with Crippen molar-refractivity contribution < 1.29 is 18.0 Å². The molecule has 5 rings (SSSR count). The van der Waals surface area contributed by atoms with E-state index in [1.807, 2.05) is 29.2 Å². The molecule has 2 aliphatic heterocycles. The number of pyridine rings is 1. The number of alkyl halides is 3. The molecule has 1 N–H and O–H groups in total. The van der Waals surface area contributed by atoms with Crippen molar-refractivity contribution in [2.75, 3.05) is 5.32 Å². The van der Waals surface area contributed by atoms with E-state index in [0.29, 0.717) is 5.56 Å². The van der Waals surface area contributed by atoms with Gasteiger partial charge in [0.25, 0.3) is 5.91 Å². The fourth-order valence-corrected chi connectivity index (χ4v) is 4.63. The van der Waals surface area contributed by atoms with Gasteiger partial charge in [0.15, 0.2) is 5.69 Å². The van der Waals surface area contributed by atoms with Gasteiger partial charge in [0.05, 0.1) is 30.0 Å². The monoisotopic (exact) mass is 413 g/mol. The molecule has 4 heterocycles. The van der Waals surface area contributed by atoms with Gasteiger partial charge < -0.3 is 10.2 Å². The third-order valence-corrected chi connectivity index (χ3v) is 5.95. The van der Waals surface area contributed by atoms with E-state index in [9.17, 15) is 18.0 Å². The first-order valence-electron chi connectivity index (χ1n) is 9.73. The zero-order valence-electron chi connectivity index (χ0n) is 15.8. The fourth-order valence-electron chi connectivity index (χ4n) is 4.63. The molecule has 0 spiro atoms. The van der Waals surface area contributed by atoms with Crippen LogP contribution < -0.4 is 5.32 Å². The normalized spacial score (nSPS) is 23.2. The second-order valence-electron chi connectivity index (χ2n) is 7.69. The molecule has 0 radical (unpaired) electrons. The topological polar surface area (TPSA) is 71.0 Å². The van der Waals surface area contributed by atoms with Crippen LogP contribution in [-0.2, 0) is 6.18 Å². The van der Waals surface area contributed by atoms with Gasteiger partial charge in [0.2, 0.25) is 0 Å². The van der Waals surface area contributed by atoms with E-state index in [0.717, 1.165) is 42.4 Å². The summed E-state index contributed by atoms with van der Waals surface area (Å²) in [6.45, 7) is 0. The van der Waals surface area contributed by atoms with Crippen LogP contribution in [0.25, 0.3) is 10.8 Å². The van der Waals surface area contributed by atoms with Crippen molar-refractivity contribution in [3.05, 3.63) is 60.3 Å². The highest BCUT2D eigenvalue weighted by molar-refractivity contribution is 6.07. The number of amides is 1. The van der Waals surface area contributed by atoms with E-state index in [4.69, 9.17) is 0 Å². The van der Waals surface area contributed by atoms with E-state index >= 15 is 0 Å². The molecule has 9 heteroatoms. The van der Waals surface area contributed by atoms with Crippen LogP contribution in [0.2, 0.25) is 0 Å². The summed E-state index contributed by atoms with van der Waals surface area (Å²) in [6.07, 6.45) is 3.09. The van der Waals surface area contributed by atoms with Gasteiger partial charge in [-0.05, 0) is 24.6 Å². The van der Waals surface area contributed by atoms with E-state index in [2.05, 4.69) is 20.3 Å². The van der Waals surface area contributed by atoms with Gasteiger partial charge in [0, 0.05) is 23.8 Å². The summed E-state index contributed by atoms with van der Waals surface area (Å²) in [5, 5.41) is 4.94. The van der Waals surface area contributed by atoms with Crippen LogP contribution >= 0.6 is 0 Å². The Hall–Kier alpha value is -3.23. The highest BCUT2D eigenvalue weighted by atomic mass is 19.4. The minimum atomic E-state index is -4.52. The van der Waals surface area contributed by atoms with Crippen LogP contribution in [0.15, 0.2) is 49.1 Å². The van der Waals surface area contributed by atoms with Gasteiger partial charge >= 0.3 is 6.18 Å². The highest BCUT2D eigenvalue weighted by Gasteiger charge is 2.49. The summed E-state index contributed by atoms with van der Waals surface area (Å²) >= 11 is 0.